The highest BCUT2D eigenvalue weighted by atomic mass is 16.6. The molecule has 0 aliphatic rings. The van der Waals surface area contributed by atoms with E-state index < -0.39 is 11.0 Å². The van der Waals surface area contributed by atoms with Gasteiger partial charge in [0, 0.05) is 24.2 Å². The van der Waals surface area contributed by atoms with Gasteiger partial charge >= 0.3 is 0 Å². The second kappa shape index (κ2) is 16.0. The lowest BCUT2D eigenvalue weighted by Gasteiger charge is -2.00. The molecule has 0 bridgehead atoms. The Bertz CT molecular complexity index is 344. The molecule has 0 spiro atoms. The van der Waals surface area contributed by atoms with Crippen molar-refractivity contribution in [1.82, 2.24) is 0 Å². The number of rotatable bonds is 14. The van der Waals surface area contributed by atoms with Gasteiger partial charge in [-0.1, -0.05) is 58.3 Å². The SMILES string of the molecule is CCCCCCCCCCCC#CCCCC([C]=O)[N+](=O)[O-]. The van der Waals surface area contributed by atoms with E-state index in [0.717, 1.165) is 12.8 Å². The van der Waals surface area contributed by atoms with Gasteiger partial charge in [0.15, 0.2) is 0 Å². The van der Waals surface area contributed by atoms with Gasteiger partial charge in [0.05, 0.1) is 0 Å². The number of hydrogen-bond donors (Lipinski definition) is 0. The molecule has 0 fully saturated rings. The van der Waals surface area contributed by atoms with Crippen LogP contribution in [0.25, 0.3) is 0 Å². The van der Waals surface area contributed by atoms with E-state index in [1.165, 1.54) is 57.7 Å². The lowest BCUT2D eigenvalue weighted by atomic mass is 10.1. The molecular formula is C18H30NO3. The van der Waals surface area contributed by atoms with Crippen molar-refractivity contribution in [1.29, 1.82) is 0 Å². The highest BCUT2D eigenvalue weighted by Crippen LogP contribution is 2.10. The maximum atomic E-state index is 10.4. The Morgan fingerprint density at radius 2 is 1.36 bits per heavy atom. The molecule has 125 valence electrons. The van der Waals surface area contributed by atoms with Crippen LogP contribution in [-0.4, -0.2) is 17.3 Å². The van der Waals surface area contributed by atoms with Crippen molar-refractivity contribution in [3.05, 3.63) is 10.1 Å². The summed E-state index contributed by atoms with van der Waals surface area (Å²) >= 11 is 0. The molecule has 1 unspecified atom stereocenters. The zero-order valence-electron chi connectivity index (χ0n) is 13.9. The van der Waals surface area contributed by atoms with E-state index in [0.29, 0.717) is 12.8 Å². The van der Waals surface area contributed by atoms with Crippen molar-refractivity contribution in [3.63, 3.8) is 0 Å². The van der Waals surface area contributed by atoms with E-state index in [1.807, 2.05) is 0 Å². The van der Waals surface area contributed by atoms with Crippen LogP contribution in [0.1, 0.15) is 90.4 Å². The average Bonchev–Trinajstić information content (AvgIpc) is 2.51. The molecule has 1 atom stereocenters. The molecule has 0 rings (SSSR count). The summed E-state index contributed by atoms with van der Waals surface area (Å²) in [6.45, 7) is 2.24. The van der Waals surface area contributed by atoms with E-state index in [2.05, 4.69) is 18.8 Å². The summed E-state index contributed by atoms with van der Waals surface area (Å²) in [5.74, 6) is 6.13. The van der Waals surface area contributed by atoms with Gasteiger partial charge in [-0.3, -0.25) is 14.9 Å². The lowest BCUT2D eigenvalue weighted by molar-refractivity contribution is -0.503. The summed E-state index contributed by atoms with van der Waals surface area (Å²) in [6.07, 6.45) is 15.6. The highest BCUT2D eigenvalue weighted by Gasteiger charge is 2.18. The van der Waals surface area contributed by atoms with Crippen molar-refractivity contribution >= 4 is 6.29 Å². The normalized spacial score (nSPS) is 11.5. The average molecular weight is 308 g/mol. The molecule has 0 heterocycles. The van der Waals surface area contributed by atoms with Gasteiger partial charge < -0.3 is 0 Å². The fraction of sp³-hybridized carbons (Fsp3) is 0.833. The van der Waals surface area contributed by atoms with Crippen LogP contribution in [0.3, 0.4) is 0 Å². The van der Waals surface area contributed by atoms with Crippen LogP contribution in [0.5, 0.6) is 0 Å². The van der Waals surface area contributed by atoms with Crippen LogP contribution >= 0.6 is 0 Å². The molecule has 22 heavy (non-hydrogen) atoms. The number of carbonyl (C=O) groups excluding carboxylic acids is 1. The Labute approximate surface area is 135 Å². The smallest absolute Gasteiger partial charge is 0.278 e. The van der Waals surface area contributed by atoms with Crippen LogP contribution in [0.4, 0.5) is 0 Å². The maximum absolute atomic E-state index is 10.4. The first-order valence-corrected chi connectivity index (χ1v) is 8.69. The molecule has 0 amide bonds. The fourth-order valence-corrected chi connectivity index (χ4v) is 2.29. The van der Waals surface area contributed by atoms with Crippen molar-refractivity contribution in [2.24, 2.45) is 0 Å². The first kappa shape index (κ1) is 20.6. The van der Waals surface area contributed by atoms with Gasteiger partial charge in [0.1, 0.15) is 0 Å². The Kier molecular flexibility index (Phi) is 15.0. The van der Waals surface area contributed by atoms with Gasteiger partial charge in [0.2, 0.25) is 0 Å². The fourth-order valence-electron chi connectivity index (χ4n) is 2.29. The largest absolute Gasteiger partial charge is 0.283 e. The Morgan fingerprint density at radius 1 is 0.864 bits per heavy atom. The molecule has 0 aliphatic heterocycles. The Balaban J connectivity index is 3.32. The van der Waals surface area contributed by atoms with Crippen molar-refractivity contribution in [2.45, 2.75) is 96.4 Å². The standard InChI is InChI=1S/C18H30NO3/c1-2-3-4-5-6-7-8-9-10-11-12-13-14-15-16-18(17-20)19(21)22/h18H,2-11,14-16H2,1H3. The van der Waals surface area contributed by atoms with Gasteiger partial charge in [-0.05, 0) is 12.8 Å². The summed E-state index contributed by atoms with van der Waals surface area (Å²) < 4.78 is 0. The van der Waals surface area contributed by atoms with Gasteiger partial charge in [-0.2, -0.15) is 0 Å². The van der Waals surface area contributed by atoms with E-state index in [1.54, 1.807) is 0 Å². The quantitative estimate of drug-likeness (QED) is 0.200. The number of hydrogen-bond acceptors (Lipinski definition) is 3. The van der Waals surface area contributed by atoms with Gasteiger partial charge in [0.25, 0.3) is 12.3 Å². The Morgan fingerprint density at radius 3 is 1.86 bits per heavy atom. The minimum Gasteiger partial charge on any atom is -0.283 e. The van der Waals surface area contributed by atoms with Crippen molar-refractivity contribution < 1.29 is 9.72 Å². The molecule has 1 radical (unpaired) electrons. The summed E-state index contributed by atoms with van der Waals surface area (Å²) in [5.41, 5.74) is 0. The minimum absolute atomic E-state index is 0.239. The molecular weight excluding hydrogens is 278 g/mol. The van der Waals surface area contributed by atoms with E-state index in [-0.39, 0.29) is 6.42 Å². The summed E-state index contributed by atoms with van der Waals surface area (Å²) in [6, 6.07) is -1.18. The lowest BCUT2D eigenvalue weighted by Crippen LogP contribution is -2.20. The molecule has 4 heteroatoms. The second-order valence-electron chi connectivity index (χ2n) is 5.74. The van der Waals surface area contributed by atoms with Crippen LogP contribution in [0, 0.1) is 22.0 Å². The van der Waals surface area contributed by atoms with Gasteiger partial charge in [-0.15, -0.1) is 11.8 Å². The second-order valence-corrected chi connectivity index (χ2v) is 5.74. The molecule has 0 saturated heterocycles. The molecule has 0 aromatic heterocycles. The number of nitrogens with zero attached hydrogens (tertiary/aromatic N) is 1. The molecule has 0 aliphatic carbocycles. The first-order chi connectivity index (χ1) is 10.7. The van der Waals surface area contributed by atoms with Crippen LogP contribution in [0.15, 0.2) is 0 Å². The predicted molar refractivity (Wildman–Crippen MR) is 89.9 cm³/mol. The third-order valence-corrected chi connectivity index (χ3v) is 3.70. The van der Waals surface area contributed by atoms with E-state index in [4.69, 9.17) is 0 Å². The topological polar surface area (TPSA) is 60.2 Å². The van der Waals surface area contributed by atoms with E-state index >= 15 is 0 Å². The molecule has 0 saturated carbocycles. The zero-order chi connectivity index (χ0) is 16.5. The zero-order valence-corrected chi connectivity index (χ0v) is 13.9. The van der Waals surface area contributed by atoms with Crippen LogP contribution in [-0.2, 0) is 4.79 Å². The van der Waals surface area contributed by atoms with Crippen molar-refractivity contribution in [2.75, 3.05) is 0 Å². The first-order valence-electron chi connectivity index (χ1n) is 8.69. The third kappa shape index (κ3) is 13.6. The summed E-state index contributed by atoms with van der Waals surface area (Å²) in [4.78, 5) is 20.1. The number of unbranched alkanes of at least 4 members (excludes halogenated alkanes) is 10. The predicted octanol–water partition coefficient (Wildman–Crippen LogP) is 4.84. The monoisotopic (exact) mass is 308 g/mol. The van der Waals surface area contributed by atoms with Crippen LogP contribution in [0.2, 0.25) is 0 Å². The van der Waals surface area contributed by atoms with Gasteiger partial charge in [-0.25, -0.2) is 0 Å². The third-order valence-electron chi connectivity index (χ3n) is 3.70. The molecule has 0 N–H and O–H groups in total. The van der Waals surface area contributed by atoms with E-state index in [9.17, 15) is 14.9 Å². The summed E-state index contributed by atoms with van der Waals surface area (Å²) in [7, 11) is 0. The summed E-state index contributed by atoms with van der Waals surface area (Å²) in [5, 5.41) is 10.4. The maximum Gasteiger partial charge on any atom is 0.278 e. The molecule has 0 aromatic rings. The van der Waals surface area contributed by atoms with Crippen LogP contribution < -0.4 is 0 Å². The highest BCUT2D eigenvalue weighted by molar-refractivity contribution is 5.56. The number of nitro groups is 1. The minimum atomic E-state index is -1.18. The Hall–Kier alpha value is -1.37. The van der Waals surface area contributed by atoms with Crippen molar-refractivity contribution in [3.8, 4) is 11.8 Å². The molecule has 0 aromatic carbocycles. The molecule has 4 nitrogen and oxygen atoms in total.